The fraction of sp³-hybridized carbons (Fsp3) is 0.857. The molecule has 20 heavy (non-hydrogen) atoms. The van der Waals surface area contributed by atoms with E-state index in [2.05, 4.69) is 10.7 Å². The molecule has 1 saturated heterocycles. The lowest BCUT2D eigenvalue weighted by molar-refractivity contribution is -0.137. The van der Waals surface area contributed by atoms with Gasteiger partial charge in [0.15, 0.2) is 0 Å². The Morgan fingerprint density at radius 1 is 1.35 bits per heavy atom. The highest BCUT2D eigenvalue weighted by atomic mass is 16.6. The number of amides is 2. The lowest BCUT2D eigenvalue weighted by Gasteiger charge is -2.33. The molecule has 1 fully saturated rings. The van der Waals surface area contributed by atoms with Crippen molar-refractivity contribution in [2.75, 3.05) is 13.1 Å². The maximum absolute atomic E-state index is 11.8. The minimum Gasteiger partial charge on any atom is -0.444 e. The van der Waals surface area contributed by atoms with Crippen LogP contribution in [0.15, 0.2) is 0 Å². The molecule has 116 valence electrons. The highest BCUT2D eigenvalue weighted by Gasteiger charge is 2.26. The Hall–Kier alpha value is -1.30. The number of ether oxygens (including phenoxy) is 1. The largest absolute Gasteiger partial charge is 0.444 e. The lowest BCUT2D eigenvalue weighted by Crippen LogP contribution is -2.52. The lowest BCUT2D eigenvalue weighted by atomic mass is 10.0. The van der Waals surface area contributed by atoms with Gasteiger partial charge in [-0.1, -0.05) is 0 Å². The molecule has 1 aliphatic heterocycles. The second kappa shape index (κ2) is 6.43. The van der Waals surface area contributed by atoms with Gasteiger partial charge in [-0.2, -0.15) is 0 Å². The summed E-state index contributed by atoms with van der Waals surface area (Å²) >= 11 is 0. The minimum atomic E-state index is -0.509. The third kappa shape index (κ3) is 6.23. The van der Waals surface area contributed by atoms with Crippen LogP contribution in [0.5, 0.6) is 0 Å². The van der Waals surface area contributed by atoms with Crippen LogP contribution < -0.4 is 10.7 Å². The van der Waals surface area contributed by atoms with Gasteiger partial charge in [0.2, 0.25) is 5.91 Å². The zero-order valence-electron chi connectivity index (χ0n) is 13.2. The van der Waals surface area contributed by atoms with Gasteiger partial charge in [-0.05, 0) is 47.5 Å². The number of hydrazine groups is 1. The molecule has 0 aromatic carbocycles. The van der Waals surface area contributed by atoms with E-state index in [1.54, 1.807) is 5.01 Å². The Morgan fingerprint density at radius 3 is 2.55 bits per heavy atom. The van der Waals surface area contributed by atoms with Crippen LogP contribution in [0.25, 0.3) is 0 Å². The normalized spacial score (nSPS) is 17.1. The molecule has 0 aliphatic carbocycles. The van der Waals surface area contributed by atoms with Crippen LogP contribution in [0.1, 0.15) is 53.9 Å². The van der Waals surface area contributed by atoms with Crippen LogP contribution in [0, 0.1) is 0 Å². The molecule has 0 unspecified atom stereocenters. The topological polar surface area (TPSA) is 70.7 Å². The van der Waals surface area contributed by atoms with Gasteiger partial charge in [0.1, 0.15) is 5.60 Å². The van der Waals surface area contributed by atoms with E-state index in [0.717, 1.165) is 13.0 Å². The van der Waals surface area contributed by atoms with Crippen molar-refractivity contribution in [3.63, 3.8) is 0 Å². The predicted molar refractivity (Wildman–Crippen MR) is 77.0 cm³/mol. The van der Waals surface area contributed by atoms with Crippen molar-refractivity contribution in [1.29, 1.82) is 0 Å². The third-order valence-corrected chi connectivity index (χ3v) is 2.97. The average Bonchev–Trinajstić information content (AvgIpc) is 2.24. The zero-order chi connectivity index (χ0) is 15.4. The molecule has 0 bridgehead atoms. The Balaban J connectivity index is 2.40. The van der Waals surface area contributed by atoms with E-state index in [0.29, 0.717) is 19.4 Å². The van der Waals surface area contributed by atoms with Crippen molar-refractivity contribution < 1.29 is 14.3 Å². The highest BCUT2D eigenvalue weighted by Crippen LogP contribution is 2.13. The molecule has 1 aliphatic rings. The van der Waals surface area contributed by atoms with Gasteiger partial charge < -0.3 is 10.1 Å². The Kier molecular flexibility index (Phi) is 5.39. The first kappa shape index (κ1) is 16.8. The zero-order valence-corrected chi connectivity index (χ0v) is 13.2. The van der Waals surface area contributed by atoms with Crippen molar-refractivity contribution in [3.05, 3.63) is 0 Å². The van der Waals surface area contributed by atoms with Gasteiger partial charge in [-0.25, -0.2) is 10.2 Å². The molecular formula is C14H27N3O3. The van der Waals surface area contributed by atoms with Gasteiger partial charge in [-0.15, -0.1) is 0 Å². The number of nitrogens with zero attached hydrogens (tertiary/aromatic N) is 1. The van der Waals surface area contributed by atoms with E-state index >= 15 is 0 Å². The van der Waals surface area contributed by atoms with Crippen molar-refractivity contribution in [2.24, 2.45) is 0 Å². The average molecular weight is 285 g/mol. The monoisotopic (exact) mass is 285 g/mol. The maximum Gasteiger partial charge on any atom is 0.408 e. The number of rotatable bonds is 4. The van der Waals surface area contributed by atoms with Crippen LogP contribution in [-0.2, 0) is 9.53 Å². The summed E-state index contributed by atoms with van der Waals surface area (Å²) in [5.41, 5.74) is 2.13. The number of hydrogen-bond donors (Lipinski definition) is 2. The number of carbonyl (C=O) groups excluding carboxylic acids is 2. The fourth-order valence-corrected chi connectivity index (χ4v) is 1.91. The van der Waals surface area contributed by atoms with Crippen LogP contribution in [-0.4, -0.2) is 41.2 Å². The number of nitrogens with one attached hydrogen (secondary N) is 2. The number of hydrogen-bond acceptors (Lipinski definition) is 4. The molecule has 0 aromatic heterocycles. The SMILES string of the molecule is CC(C)(CCN1NCCCC1=O)NC(=O)OC(C)(C)C. The molecule has 1 heterocycles. The molecule has 0 atom stereocenters. The van der Waals surface area contributed by atoms with E-state index in [4.69, 9.17) is 4.74 Å². The quantitative estimate of drug-likeness (QED) is 0.826. The maximum atomic E-state index is 11.8. The van der Waals surface area contributed by atoms with Crippen LogP contribution in [0.4, 0.5) is 4.79 Å². The summed E-state index contributed by atoms with van der Waals surface area (Å²) in [6, 6.07) is 0. The summed E-state index contributed by atoms with van der Waals surface area (Å²) in [4.78, 5) is 23.4. The second-order valence-corrected chi connectivity index (χ2v) is 6.82. The molecule has 2 N–H and O–H groups in total. The Morgan fingerprint density at radius 2 is 2.00 bits per heavy atom. The standard InChI is InChI=1S/C14H27N3O3/c1-13(2,3)20-12(19)16-14(4,5)8-10-17-11(18)7-6-9-15-17/h15H,6-10H2,1-5H3,(H,16,19). The summed E-state index contributed by atoms with van der Waals surface area (Å²) in [5, 5.41) is 4.48. The summed E-state index contributed by atoms with van der Waals surface area (Å²) < 4.78 is 5.24. The second-order valence-electron chi connectivity index (χ2n) is 6.82. The molecule has 0 aromatic rings. The molecule has 6 nitrogen and oxygen atoms in total. The molecule has 0 radical (unpaired) electrons. The Labute approximate surface area is 121 Å². The van der Waals surface area contributed by atoms with Gasteiger partial charge in [0.25, 0.3) is 0 Å². The van der Waals surface area contributed by atoms with Crippen molar-refractivity contribution in [3.8, 4) is 0 Å². The molecule has 2 amide bonds. The van der Waals surface area contributed by atoms with Crippen LogP contribution >= 0.6 is 0 Å². The fourth-order valence-electron chi connectivity index (χ4n) is 1.91. The predicted octanol–water partition coefficient (Wildman–Crippen LogP) is 1.81. The molecule has 6 heteroatoms. The highest BCUT2D eigenvalue weighted by molar-refractivity contribution is 5.76. The van der Waals surface area contributed by atoms with E-state index in [1.807, 2.05) is 34.6 Å². The van der Waals surface area contributed by atoms with Gasteiger partial charge in [0, 0.05) is 25.0 Å². The van der Waals surface area contributed by atoms with Gasteiger partial charge in [-0.3, -0.25) is 9.80 Å². The molecular weight excluding hydrogens is 258 g/mol. The summed E-state index contributed by atoms with van der Waals surface area (Å²) in [5.74, 6) is 0.115. The number of carbonyl (C=O) groups is 2. The van der Waals surface area contributed by atoms with E-state index < -0.39 is 17.2 Å². The first-order chi connectivity index (χ1) is 9.09. The summed E-state index contributed by atoms with van der Waals surface area (Å²) in [7, 11) is 0. The first-order valence-corrected chi connectivity index (χ1v) is 7.14. The first-order valence-electron chi connectivity index (χ1n) is 7.14. The van der Waals surface area contributed by atoms with E-state index in [9.17, 15) is 9.59 Å². The Bertz CT molecular complexity index is 361. The van der Waals surface area contributed by atoms with Gasteiger partial charge in [0.05, 0.1) is 0 Å². The summed E-state index contributed by atoms with van der Waals surface area (Å²) in [6.07, 6.45) is 1.70. The molecule has 1 rings (SSSR count). The van der Waals surface area contributed by atoms with Gasteiger partial charge >= 0.3 is 6.09 Å². The van der Waals surface area contributed by atoms with Crippen LogP contribution in [0.3, 0.4) is 0 Å². The number of alkyl carbamates (subject to hydrolysis) is 1. The van der Waals surface area contributed by atoms with Crippen molar-refractivity contribution in [1.82, 2.24) is 15.8 Å². The summed E-state index contributed by atoms with van der Waals surface area (Å²) in [6.45, 7) is 10.7. The van der Waals surface area contributed by atoms with Crippen LogP contribution in [0.2, 0.25) is 0 Å². The van der Waals surface area contributed by atoms with Crippen molar-refractivity contribution in [2.45, 2.75) is 65.0 Å². The minimum absolute atomic E-state index is 0.115. The van der Waals surface area contributed by atoms with Crippen molar-refractivity contribution >= 4 is 12.0 Å². The molecule has 0 spiro atoms. The smallest absolute Gasteiger partial charge is 0.408 e. The van der Waals surface area contributed by atoms with E-state index in [-0.39, 0.29) is 5.91 Å². The molecule has 0 saturated carbocycles. The van der Waals surface area contributed by atoms with E-state index in [1.165, 1.54) is 0 Å². The third-order valence-electron chi connectivity index (χ3n) is 2.97.